The topological polar surface area (TPSA) is 86.1 Å². The molecule has 26 heavy (non-hydrogen) atoms. The van der Waals surface area contributed by atoms with Gasteiger partial charge in [0.2, 0.25) is 0 Å². The van der Waals surface area contributed by atoms with Crippen LogP contribution in [0.3, 0.4) is 0 Å². The average Bonchev–Trinajstić information content (AvgIpc) is 2.58. The number of aromatic nitrogens is 3. The highest BCUT2D eigenvalue weighted by Gasteiger charge is 2.25. The Morgan fingerprint density at radius 2 is 1.85 bits per heavy atom. The Kier molecular flexibility index (Phi) is 5.35. The SMILES string of the molecule is Cc1cc(C)nc(OC2CCC(NC(=O)c3cccn(C)c3=O)CC2)n1. The first-order valence-corrected chi connectivity index (χ1v) is 8.88. The summed E-state index contributed by atoms with van der Waals surface area (Å²) in [6.07, 6.45) is 4.91. The van der Waals surface area contributed by atoms with Crippen molar-refractivity contribution in [2.24, 2.45) is 7.05 Å². The molecule has 2 aromatic heterocycles. The number of rotatable bonds is 4. The summed E-state index contributed by atoms with van der Waals surface area (Å²) >= 11 is 0. The van der Waals surface area contributed by atoms with Crippen molar-refractivity contribution in [2.75, 3.05) is 0 Å². The van der Waals surface area contributed by atoms with E-state index in [-0.39, 0.29) is 29.2 Å². The fraction of sp³-hybridized carbons (Fsp3) is 0.474. The number of nitrogens with zero attached hydrogens (tertiary/aromatic N) is 3. The number of pyridine rings is 1. The van der Waals surface area contributed by atoms with Gasteiger partial charge in [-0.2, -0.15) is 0 Å². The lowest BCUT2D eigenvalue weighted by molar-refractivity contribution is 0.0882. The fourth-order valence-corrected chi connectivity index (χ4v) is 3.25. The average molecular weight is 356 g/mol. The molecule has 7 nitrogen and oxygen atoms in total. The quantitative estimate of drug-likeness (QED) is 0.904. The van der Waals surface area contributed by atoms with Crippen LogP contribution in [0.25, 0.3) is 0 Å². The molecule has 1 N–H and O–H groups in total. The third-order valence-electron chi connectivity index (χ3n) is 4.61. The van der Waals surface area contributed by atoms with E-state index in [2.05, 4.69) is 15.3 Å². The number of carbonyl (C=O) groups is 1. The van der Waals surface area contributed by atoms with Gasteiger partial charge in [0.05, 0.1) is 0 Å². The predicted molar refractivity (Wildman–Crippen MR) is 97.3 cm³/mol. The third-order valence-corrected chi connectivity index (χ3v) is 4.61. The van der Waals surface area contributed by atoms with E-state index >= 15 is 0 Å². The molecule has 0 aliphatic heterocycles. The molecule has 1 aliphatic rings. The molecular formula is C19H24N4O3. The van der Waals surface area contributed by atoms with Crippen LogP contribution in [0.5, 0.6) is 6.01 Å². The van der Waals surface area contributed by atoms with Gasteiger partial charge >= 0.3 is 6.01 Å². The van der Waals surface area contributed by atoms with Crippen LogP contribution in [-0.2, 0) is 7.05 Å². The first-order valence-electron chi connectivity index (χ1n) is 8.88. The number of hydrogen-bond acceptors (Lipinski definition) is 5. The van der Waals surface area contributed by atoms with Crippen LogP contribution in [-0.4, -0.2) is 32.6 Å². The highest BCUT2D eigenvalue weighted by Crippen LogP contribution is 2.22. The van der Waals surface area contributed by atoms with Crippen molar-refractivity contribution in [3.8, 4) is 6.01 Å². The Balaban J connectivity index is 1.54. The Hall–Kier alpha value is -2.70. The van der Waals surface area contributed by atoms with Crippen LogP contribution in [0, 0.1) is 13.8 Å². The molecule has 0 bridgehead atoms. The zero-order valence-electron chi connectivity index (χ0n) is 15.4. The Labute approximate surface area is 152 Å². The van der Waals surface area contributed by atoms with Crippen molar-refractivity contribution in [1.29, 1.82) is 0 Å². The third kappa shape index (κ3) is 4.28. The normalized spacial score (nSPS) is 19.8. The molecule has 0 radical (unpaired) electrons. The molecule has 2 aromatic rings. The highest BCUT2D eigenvalue weighted by molar-refractivity contribution is 5.93. The highest BCUT2D eigenvalue weighted by atomic mass is 16.5. The Bertz CT molecular complexity index is 834. The van der Waals surface area contributed by atoms with Gasteiger partial charge < -0.3 is 14.6 Å². The summed E-state index contributed by atoms with van der Waals surface area (Å²) in [5.74, 6) is -0.312. The minimum absolute atomic E-state index is 0.0485. The summed E-state index contributed by atoms with van der Waals surface area (Å²) in [6, 6.07) is 5.64. The minimum Gasteiger partial charge on any atom is -0.460 e. The Morgan fingerprint density at radius 1 is 1.19 bits per heavy atom. The van der Waals surface area contributed by atoms with Crippen LogP contribution >= 0.6 is 0 Å². The molecule has 1 aliphatic carbocycles. The lowest BCUT2D eigenvalue weighted by Gasteiger charge is -2.29. The standard InChI is InChI=1S/C19H24N4O3/c1-12-11-13(2)21-19(20-12)26-15-8-6-14(7-9-15)22-17(24)16-5-4-10-23(3)18(16)25/h4-5,10-11,14-15H,6-9H2,1-3H3,(H,22,24). The number of ether oxygens (including phenoxy) is 1. The summed E-state index contributed by atoms with van der Waals surface area (Å²) < 4.78 is 7.31. The van der Waals surface area contributed by atoms with Gasteiger partial charge in [-0.15, -0.1) is 0 Å². The number of carbonyl (C=O) groups excluding carboxylic acids is 1. The van der Waals surface area contributed by atoms with E-state index in [0.717, 1.165) is 37.1 Å². The van der Waals surface area contributed by atoms with E-state index < -0.39 is 0 Å². The van der Waals surface area contributed by atoms with Crippen molar-refractivity contribution in [3.63, 3.8) is 0 Å². The molecule has 0 atom stereocenters. The number of amides is 1. The zero-order chi connectivity index (χ0) is 18.7. The largest absolute Gasteiger partial charge is 0.460 e. The lowest BCUT2D eigenvalue weighted by Crippen LogP contribution is -2.42. The van der Waals surface area contributed by atoms with Crippen molar-refractivity contribution in [2.45, 2.75) is 51.7 Å². The van der Waals surface area contributed by atoms with Gasteiger partial charge in [-0.3, -0.25) is 9.59 Å². The first kappa shape index (κ1) is 18.1. The van der Waals surface area contributed by atoms with Crippen LogP contribution in [0.2, 0.25) is 0 Å². The van der Waals surface area contributed by atoms with E-state index in [0.29, 0.717) is 6.01 Å². The second-order valence-electron chi connectivity index (χ2n) is 6.84. The van der Waals surface area contributed by atoms with Crippen molar-refractivity contribution < 1.29 is 9.53 Å². The van der Waals surface area contributed by atoms with E-state index in [9.17, 15) is 9.59 Å². The monoisotopic (exact) mass is 356 g/mol. The minimum atomic E-state index is -0.312. The second kappa shape index (κ2) is 7.68. The molecule has 1 fully saturated rings. The molecule has 0 aromatic carbocycles. The van der Waals surface area contributed by atoms with E-state index in [1.165, 1.54) is 4.57 Å². The van der Waals surface area contributed by atoms with Crippen LogP contribution < -0.4 is 15.6 Å². The number of aryl methyl sites for hydroxylation is 3. The molecule has 0 saturated heterocycles. The summed E-state index contributed by atoms with van der Waals surface area (Å²) in [5, 5.41) is 2.97. The van der Waals surface area contributed by atoms with Crippen molar-refractivity contribution >= 4 is 5.91 Å². The zero-order valence-corrected chi connectivity index (χ0v) is 15.4. The lowest BCUT2D eigenvalue weighted by atomic mass is 9.93. The molecule has 7 heteroatoms. The van der Waals surface area contributed by atoms with Crippen molar-refractivity contribution in [3.05, 3.63) is 51.7 Å². The maximum atomic E-state index is 12.4. The molecule has 0 unspecified atom stereocenters. The molecular weight excluding hydrogens is 332 g/mol. The van der Waals surface area contributed by atoms with Gasteiger partial charge in [-0.1, -0.05) is 0 Å². The molecule has 0 spiro atoms. The number of nitrogens with one attached hydrogen (secondary N) is 1. The first-order chi connectivity index (χ1) is 12.4. The summed E-state index contributed by atoms with van der Waals surface area (Å²) in [4.78, 5) is 33.0. The van der Waals surface area contributed by atoms with E-state index in [1.54, 1.807) is 25.4 Å². The predicted octanol–water partition coefficient (Wildman–Crippen LogP) is 1.91. The summed E-state index contributed by atoms with van der Waals surface area (Å²) in [7, 11) is 1.64. The van der Waals surface area contributed by atoms with Gasteiger partial charge in [-0.05, 0) is 57.7 Å². The van der Waals surface area contributed by atoms with Crippen molar-refractivity contribution in [1.82, 2.24) is 19.9 Å². The molecule has 2 heterocycles. The van der Waals surface area contributed by atoms with Gasteiger partial charge in [0.1, 0.15) is 11.7 Å². The molecule has 1 saturated carbocycles. The Morgan fingerprint density at radius 3 is 2.50 bits per heavy atom. The molecule has 138 valence electrons. The van der Waals surface area contributed by atoms with Gasteiger partial charge in [0.25, 0.3) is 11.5 Å². The summed E-state index contributed by atoms with van der Waals surface area (Å²) in [6.45, 7) is 3.84. The van der Waals surface area contributed by atoms with Gasteiger partial charge in [0.15, 0.2) is 0 Å². The smallest absolute Gasteiger partial charge is 0.317 e. The maximum absolute atomic E-state index is 12.4. The van der Waals surface area contributed by atoms with Crippen LogP contribution in [0.1, 0.15) is 47.4 Å². The maximum Gasteiger partial charge on any atom is 0.317 e. The van der Waals surface area contributed by atoms with E-state index in [4.69, 9.17) is 4.74 Å². The van der Waals surface area contributed by atoms with Gasteiger partial charge in [-0.25, -0.2) is 9.97 Å². The van der Waals surface area contributed by atoms with Crippen LogP contribution in [0.4, 0.5) is 0 Å². The fourth-order valence-electron chi connectivity index (χ4n) is 3.25. The second-order valence-corrected chi connectivity index (χ2v) is 6.84. The molecule has 1 amide bonds. The van der Waals surface area contributed by atoms with Crippen LogP contribution in [0.15, 0.2) is 29.2 Å². The molecule has 3 rings (SSSR count). The summed E-state index contributed by atoms with van der Waals surface area (Å²) in [5.41, 5.74) is 1.67. The number of hydrogen-bond donors (Lipinski definition) is 1. The van der Waals surface area contributed by atoms with Gasteiger partial charge in [0, 0.05) is 30.7 Å². The van der Waals surface area contributed by atoms with E-state index in [1.807, 2.05) is 19.9 Å².